The van der Waals surface area contributed by atoms with Crippen LogP contribution in [0.15, 0.2) is 0 Å². The fourth-order valence-corrected chi connectivity index (χ4v) is 3.08. The molecule has 7 nitrogen and oxygen atoms in total. The Hall–Kier alpha value is -1.15. The van der Waals surface area contributed by atoms with Crippen molar-refractivity contribution < 1.29 is 27.5 Å². The molecule has 0 saturated heterocycles. The van der Waals surface area contributed by atoms with E-state index in [2.05, 4.69) is 4.74 Å². The van der Waals surface area contributed by atoms with E-state index in [4.69, 9.17) is 4.74 Å². The molecule has 0 aliphatic rings. The third-order valence-corrected chi connectivity index (χ3v) is 4.39. The van der Waals surface area contributed by atoms with Gasteiger partial charge in [0.1, 0.15) is 6.54 Å². The molecule has 118 valence electrons. The summed E-state index contributed by atoms with van der Waals surface area (Å²) in [5.41, 5.74) is 0. The van der Waals surface area contributed by atoms with Gasteiger partial charge < -0.3 is 9.47 Å². The summed E-state index contributed by atoms with van der Waals surface area (Å²) in [5.74, 6) is -1.22. The number of rotatable bonds is 10. The quantitative estimate of drug-likeness (QED) is 0.547. The van der Waals surface area contributed by atoms with Crippen LogP contribution >= 0.6 is 0 Å². The minimum absolute atomic E-state index is 0.0368. The van der Waals surface area contributed by atoms with Gasteiger partial charge in [-0.25, -0.2) is 8.42 Å². The number of carbonyl (C=O) groups is 2. The zero-order chi connectivity index (χ0) is 15.6. The summed E-state index contributed by atoms with van der Waals surface area (Å²) in [5, 5.41) is 0. The van der Waals surface area contributed by atoms with Crippen LogP contribution in [0.2, 0.25) is 0 Å². The zero-order valence-corrected chi connectivity index (χ0v) is 13.1. The van der Waals surface area contributed by atoms with Crippen molar-refractivity contribution in [3.8, 4) is 0 Å². The molecule has 8 heteroatoms. The number of nitrogens with zero attached hydrogens (tertiary/aromatic N) is 1. The van der Waals surface area contributed by atoms with Crippen molar-refractivity contribution in [3.05, 3.63) is 0 Å². The predicted molar refractivity (Wildman–Crippen MR) is 73.5 cm³/mol. The highest BCUT2D eigenvalue weighted by Gasteiger charge is 2.24. The maximum absolute atomic E-state index is 12.1. The second-order valence-corrected chi connectivity index (χ2v) is 6.22. The standard InChI is InChI=1S/C12H23NO6S/c1-4-8-13(10-12(15)19-5-2)20(16,17)9-6-7-11(14)18-3/h4-10H2,1-3H3. The summed E-state index contributed by atoms with van der Waals surface area (Å²) >= 11 is 0. The number of methoxy groups -OCH3 is 1. The molecular formula is C12H23NO6S. The summed E-state index contributed by atoms with van der Waals surface area (Å²) in [6.45, 7) is 3.65. The molecule has 0 amide bonds. The van der Waals surface area contributed by atoms with Gasteiger partial charge in [0.2, 0.25) is 10.0 Å². The van der Waals surface area contributed by atoms with Crippen LogP contribution in [0.25, 0.3) is 0 Å². The molecule has 0 fully saturated rings. The average molecular weight is 309 g/mol. The first-order valence-electron chi connectivity index (χ1n) is 6.57. The zero-order valence-electron chi connectivity index (χ0n) is 12.3. The van der Waals surface area contributed by atoms with E-state index in [0.717, 1.165) is 4.31 Å². The molecule has 0 radical (unpaired) electrons. The van der Waals surface area contributed by atoms with Gasteiger partial charge in [0, 0.05) is 13.0 Å². The summed E-state index contributed by atoms with van der Waals surface area (Å²) in [7, 11) is -2.33. The number of carbonyl (C=O) groups excluding carboxylic acids is 2. The Morgan fingerprint density at radius 1 is 1.15 bits per heavy atom. The van der Waals surface area contributed by atoms with Gasteiger partial charge in [-0.05, 0) is 19.8 Å². The Morgan fingerprint density at radius 2 is 1.80 bits per heavy atom. The largest absolute Gasteiger partial charge is 0.469 e. The molecule has 0 aromatic rings. The van der Waals surface area contributed by atoms with Crippen LogP contribution in [-0.2, 0) is 29.1 Å². The van der Waals surface area contributed by atoms with Gasteiger partial charge in [0.05, 0.1) is 19.5 Å². The van der Waals surface area contributed by atoms with E-state index >= 15 is 0 Å². The lowest BCUT2D eigenvalue weighted by molar-refractivity contribution is -0.143. The van der Waals surface area contributed by atoms with E-state index in [0.29, 0.717) is 6.42 Å². The summed E-state index contributed by atoms with van der Waals surface area (Å²) < 4.78 is 34.5. The van der Waals surface area contributed by atoms with E-state index in [1.54, 1.807) is 6.92 Å². The second kappa shape index (κ2) is 9.71. The fraction of sp³-hybridized carbons (Fsp3) is 0.833. The normalized spacial score (nSPS) is 11.4. The van der Waals surface area contributed by atoms with Gasteiger partial charge in [-0.3, -0.25) is 9.59 Å². The monoisotopic (exact) mass is 309 g/mol. The first kappa shape index (κ1) is 18.9. The SMILES string of the molecule is CCCN(CC(=O)OCC)S(=O)(=O)CCCC(=O)OC. The molecular weight excluding hydrogens is 286 g/mol. The average Bonchev–Trinajstić information content (AvgIpc) is 2.38. The number of hydrogen-bond donors (Lipinski definition) is 0. The van der Waals surface area contributed by atoms with Crippen molar-refractivity contribution in [2.45, 2.75) is 33.1 Å². The molecule has 0 atom stereocenters. The van der Waals surface area contributed by atoms with Gasteiger partial charge in [0.15, 0.2) is 0 Å². The molecule has 0 saturated carbocycles. The Bertz CT molecular complexity index is 406. The van der Waals surface area contributed by atoms with Gasteiger partial charge in [0.25, 0.3) is 0 Å². The summed E-state index contributed by atoms with van der Waals surface area (Å²) in [6.07, 6.45) is 0.794. The fourth-order valence-electron chi connectivity index (χ4n) is 1.55. The molecule has 20 heavy (non-hydrogen) atoms. The molecule has 0 spiro atoms. The van der Waals surface area contributed by atoms with Crippen LogP contribution in [0.1, 0.15) is 33.1 Å². The van der Waals surface area contributed by atoms with Crippen LogP contribution in [0.3, 0.4) is 0 Å². The predicted octanol–water partition coefficient (Wildman–Crippen LogP) is 0.544. The van der Waals surface area contributed by atoms with Gasteiger partial charge in [-0.1, -0.05) is 6.92 Å². The molecule has 0 unspecified atom stereocenters. The van der Waals surface area contributed by atoms with E-state index in [9.17, 15) is 18.0 Å². The highest BCUT2D eigenvalue weighted by atomic mass is 32.2. The van der Waals surface area contributed by atoms with Gasteiger partial charge >= 0.3 is 11.9 Å². The highest BCUT2D eigenvalue weighted by Crippen LogP contribution is 2.07. The van der Waals surface area contributed by atoms with Gasteiger partial charge in [-0.15, -0.1) is 0 Å². The molecule has 0 aromatic carbocycles. The molecule has 0 bridgehead atoms. The lowest BCUT2D eigenvalue weighted by Gasteiger charge is -2.20. The van der Waals surface area contributed by atoms with Crippen molar-refractivity contribution in [1.82, 2.24) is 4.31 Å². The van der Waals surface area contributed by atoms with Crippen molar-refractivity contribution in [3.63, 3.8) is 0 Å². The van der Waals surface area contributed by atoms with Crippen LogP contribution in [0.4, 0.5) is 0 Å². The maximum atomic E-state index is 12.1. The van der Waals surface area contributed by atoms with Crippen molar-refractivity contribution >= 4 is 22.0 Å². The molecule has 0 heterocycles. The number of sulfonamides is 1. The Kier molecular flexibility index (Phi) is 9.15. The smallest absolute Gasteiger partial charge is 0.321 e. The van der Waals surface area contributed by atoms with Crippen LogP contribution in [0, 0.1) is 0 Å². The molecule has 0 aliphatic heterocycles. The summed E-state index contributed by atoms with van der Waals surface area (Å²) in [4.78, 5) is 22.4. The molecule has 0 rings (SSSR count). The topological polar surface area (TPSA) is 90.0 Å². The van der Waals surface area contributed by atoms with Crippen LogP contribution in [0.5, 0.6) is 0 Å². The minimum Gasteiger partial charge on any atom is -0.469 e. The Balaban J connectivity index is 4.54. The van der Waals surface area contributed by atoms with E-state index in [1.165, 1.54) is 7.11 Å². The number of ether oxygens (including phenoxy) is 2. The second-order valence-electron chi connectivity index (χ2n) is 4.13. The van der Waals surface area contributed by atoms with Crippen LogP contribution in [-0.4, -0.2) is 57.2 Å². The van der Waals surface area contributed by atoms with Gasteiger partial charge in [-0.2, -0.15) is 4.31 Å². The molecule has 0 aromatic heterocycles. The van der Waals surface area contributed by atoms with E-state index in [1.807, 2.05) is 6.92 Å². The Labute approximate surface area is 120 Å². The maximum Gasteiger partial charge on any atom is 0.321 e. The summed E-state index contributed by atoms with van der Waals surface area (Å²) in [6, 6.07) is 0. The van der Waals surface area contributed by atoms with Crippen molar-refractivity contribution in [1.29, 1.82) is 0 Å². The van der Waals surface area contributed by atoms with Crippen LogP contribution < -0.4 is 0 Å². The number of hydrogen-bond acceptors (Lipinski definition) is 6. The highest BCUT2D eigenvalue weighted by molar-refractivity contribution is 7.89. The first-order valence-corrected chi connectivity index (χ1v) is 8.18. The molecule has 0 aliphatic carbocycles. The third kappa shape index (κ3) is 7.44. The van der Waals surface area contributed by atoms with E-state index in [-0.39, 0.29) is 38.3 Å². The van der Waals surface area contributed by atoms with Crippen molar-refractivity contribution in [2.24, 2.45) is 0 Å². The minimum atomic E-state index is -3.58. The molecule has 0 N–H and O–H groups in total. The first-order chi connectivity index (χ1) is 9.37. The Morgan fingerprint density at radius 3 is 2.30 bits per heavy atom. The number of esters is 2. The lowest BCUT2D eigenvalue weighted by Crippen LogP contribution is -2.38. The van der Waals surface area contributed by atoms with E-state index < -0.39 is 22.0 Å². The third-order valence-electron chi connectivity index (χ3n) is 2.49. The lowest BCUT2D eigenvalue weighted by atomic mass is 10.3. The van der Waals surface area contributed by atoms with Crippen molar-refractivity contribution in [2.75, 3.05) is 32.6 Å².